The predicted molar refractivity (Wildman–Crippen MR) is 109 cm³/mol. The zero-order chi connectivity index (χ0) is 18.6. The molecule has 1 aliphatic rings. The van der Waals surface area contributed by atoms with Crippen LogP contribution in [-0.2, 0) is 6.42 Å². The Morgan fingerprint density at radius 1 is 0.963 bits per heavy atom. The van der Waals surface area contributed by atoms with Crippen LogP contribution in [0.5, 0.6) is 5.75 Å². The zero-order valence-corrected chi connectivity index (χ0v) is 15.8. The summed E-state index contributed by atoms with van der Waals surface area (Å²) < 4.78 is 0. The maximum absolute atomic E-state index is 9.32. The quantitative estimate of drug-likeness (QED) is 0.695. The van der Waals surface area contributed by atoms with Gasteiger partial charge < -0.3 is 10.0 Å². The summed E-state index contributed by atoms with van der Waals surface area (Å²) in [5.74, 6) is 1.49. The second kappa shape index (κ2) is 7.97. The predicted octanol–water partition coefficient (Wildman–Crippen LogP) is 4.96. The Morgan fingerprint density at radius 3 is 2.33 bits per heavy atom. The van der Waals surface area contributed by atoms with Crippen LogP contribution in [0.4, 0.5) is 5.95 Å². The van der Waals surface area contributed by atoms with Crippen LogP contribution < -0.4 is 4.90 Å². The molecule has 1 fully saturated rings. The van der Waals surface area contributed by atoms with E-state index in [1.807, 2.05) is 18.2 Å². The highest BCUT2D eigenvalue weighted by Crippen LogP contribution is 2.27. The molecule has 0 radical (unpaired) electrons. The van der Waals surface area contributed by atoms with E-state index in [0.29, 0.717) is 11.9 Å². The molecule has 2 aromatic carbocycles. The lowest BCUT2D eigenvalue weighted by Gasteiger charge is -2.32. The molecule has 0 spiro atoms. The van der Waals surface area contributed by atoms with Gasteiger partial charge in [0.1, 0.15) is 0 Å². The van der Waals surface area contributed by atoms with Gasteiger partial charge in [0.15, 0.2) is 5.75 Å². The fourth-order valence-electron chi connectivity index (χ4n) is 3.65. The van der Waals surface area contributed by atoms with E-state index in [2.05, 4.69) is 45.2 Å². The molecule has 0 unspecified atom stereocenters. The Kier molecular flexibility index (Phi) is 5.26. The SMILES string of the molecule is Oc1cnc(N2CCC(Cc3ccc(-c4cccc(Cl)c4)cc3)CC2)nc1. The van der Waals surface area contributed by atoms with Crippen molar-refractivity contribution in [3.63, 3.8) is 0 Å². The minimum absolute atomic E-state index is 0.106. The number of aromatic hydroxyl groups is 1. The molecule has 1 aromatic heterocycles. The van der Waals surface area contributed by atoms with Crippen LogP contribution in [0.25, 0.3) is 11.1 Å². The van der Waals surface area contributed by atoms with Gasteiger partial charge in [-0.1, -0.05) is 48.0 Å². The van der Waals surface area contributed by atoms with E-state index in [9.17, 15) is 5.11 Å². The first-order valence-corrected chi connectivity index (χ1v) is 9.66. The third-order valence-electron chi connectivity index (χ3n) is 5.16. The Morgan fingerprint density at radius 2 is 1.67 bits per heavy atom. The van der Waals surface area contributed by atoms with Gasteiger partial charge in [0.25, 0.3) is 0 Å². The summed E-state index contributed by atoms with van der Waals surface area (Å²) in [4.78, 5) is 10.6. The lowest BCUT2D eigenvalue weighted by molar-refractivity contribution is 0.400. The van der Waals surface area contributed by atoms with E-state index >= 15 is 0 Å². The molecule has 0 saturated carbocycles. The van der Waals surface area contributed by atoms with Crippen molar-refractivity contribution < 1.29 is 5.11 Å². The molecule has 2 heterocycles. The molecule has 4 nitrogen and oxygen atoms in total. The van der Waals surface area contributed by atoms with E-state index in [-0.39, 0.29) is 5.75 Å². The average molecular weight is 380 g/mol. The molecule has 138 valence electrons. The maximum atomic E-state index is 9.32. The first-order chi connectivity index (χ1) is 13.2. The number of hydrogen-bond donors (Lipinski definition) is 1. The standard InChI is InChI=1S/C22H22ClN3O/c23-20-3-1-2-19(13-20)18-6-4-16(5-7-18)12-17-8-10-26(11-9-17)22-24-14-21(27)15-25-22/h1-7,13-15,17,27H,8-12H2. The molecule has 4 rings (SSSR count). The number of piperidine rings is 1. The average Bonchev–Trinajstić information content (AvgIpc) is 2.70. The van der Waals surface area contributed by atoms with E-state index in [1.54, 1.807) is 0 Å². The van der Waals surface area contributed by atoms with E-state index < -0.39 is 0 Å². The van der Waals surface area contributed by atoms with Crippen molar-refractivity contribution >= 4 is 17.5 Å². The molecule has 3 aromatic rings. The Hall–Kier alpha value is -2.59. The highest BCUT2D eigenvalue weighted by molar-refractivity contribution is 6.30. The van der Waals surface area contributed by atoms with E-state index in [1.165, 1.54) is 23.5 Å². The van der Waals surface area contributed by atoms with E-state index in [4.69, 9.17) is 11.6 Å². The van der Waals surface area contributed by atoms with Crippen LogP contribution in [0.2, 0.25) is 5.02 Å². The number of anilines is 1. The highest BCUT2D eigenvalue weighted by Gasteiger charge is 2.21. The largest absolute Gasteiger partial charge is 0.505 e. The molecule has 1 aliphatic heterocycles. The van der Waals surface area contributed by atoms with E-state index in [0.717, 1.165) is 42.9 Å². The van der Waals surface area contributed by atoms with Gasteiger partial charge in [-0.15, -0.1) is 0 Å². The van der Waals surface area contributed by atoms with Crippen molar-refractivity contribution in [1.82, 2.24) is 9.97 Å². The molecule has 0 aliphatic carbocycles. The number of aromatic nitrogens is 2. The van der Waals surface area contributed by atoms with Crippen LogP contribution in [0.15, 0.2) is 60.9 Å². The molecule has 0 bridgehead atoms. The lowest BCUT2D eigenvalue weighted by atomic mass is 9.89. The van der Waals surface area contributed by atoms with Gasteiger partial charge in [-0.2, -0.15) is 0 Å². The second-order valence-electron chi connectivity index (χ2n) is 7.08. The number of rotatable bonds is 4. The maximum Gasteiger partial charge on any atom is 0.225 e. The fourth-order valence-corrected chi connectivity index (χ4v) is 3.84. The molecule has 0 amide bonds. The Balaban J connectivity index is 1.34. The lowest BCUT2D eigenvalue weighted by Crippen LogP contribution is -2.35. The first-order valence-electron chi connectivity index (χ1n) is 9.28. The summed E-state index contributed by atoms with van der Waals surface area (Å²) in [7, 11) is 0. The summed E-state index contributed by atoms with van der Waals surface area (Å²) in [5.41, 5.74) is 3.72. The van der Waals surface area contributed by atoms with Crippen LogP contribution in [0.3, 0.4) is 0 Å². The van der Waals surface area contributed by atoms with Crippen molar-refractivity contribution in [1.29, 1.82) is 0 Å². The van der Waals surface area contributed by atoms with Gasteiger partial charge in [-0.25, -0.2) is 9.97 Å². The summed E-state index contributed by atoms with van der Waals surface area (Å²) in [6, 6.07) is 16.8. The smallest absolute Gasteiger partial charge is 0.225 e. The van der Waals surface area contributed by atoms with Crippen molar-refractivity contribution in [2.45, 2.75) is 19.3 Å². The minimum Gasteiger partial charge on any atom is -0.505 e. The Labute approximate surface area is 164 Å². The van der Waals surface area contributed by atoms with Gasteiger partial charge in [-0.3, -0.25) is 0 Å². The third kappa shape index (κ3) is 4.40. The molecule has 0 atom stereocenters. The third-order valence-corrected chi connectivity index (χ3v) is 5.39. The topological polar surface area (TPSA) is 49.3 Å². The molecule has 1 saturated heterocycles. The fraction of sp³-hybridized carbons (Fsp3) is 0.273. The summed E-state index contributed by atoms with van der Waals surface area (Å²) >= 11 is 6.09. The van der Waals surface area contributed by atoms with Gasteiger partial charge in [0.05, 0.1) is 12.4 Å². The van der Waals surface area contributed by atoms with Crippen LogP contribution in [0.1, 0.15) is 18.4 Å². The first kappa shape index (κ1) is 17.8. The van der Waals surface area contributed by atoms with Crippen molar-refractivity contribution in [2.24, 2.45) is 5.92 Å². The molecular formula is C22H22ClN3O. The summed E-state index contributed by atoms with van der Waals surface area (Å²) in [5, 5.41) is 10.1. The van der Waals surface area contributed by atoms with Crippen LogP contribution in [-0.4, -0.2) is 28.2 Å². The van der Waals surface area contributed by atoms with Crippen LogP contribution in [0, 0.1) is 5.92 Å². The van der Waals surface area contributed by atoms with Gasteiger partial charge >= 0.3 is 0 Å². The monoisotopic (exact) mass is 379 g/mol. The highest BCUT2D eigenvalue weighted by atomic mass is 35.5. The molecular weight excluding hydrogens is 358 g/mol. The van der Waals surface area contributed by atoms with Crippen molar-refractivity contribution in [3.05, 3.63) is 71.5 Å². The van der Waals surface area contributed by atoms with Crippen molar-refractivity contribution in [2.75, 3.05) is 18.0 Å². The minimum atomic E-state index is 0.106. The molecule has 27 heavy (non-hydrogen) atoms. The summed E-state index contributed by atoms with van der Waals surface area (Å²) in [6.07, 6.45) is 6.26. The Bertz CT molecular complexity index is 888. The molecule has 1 N–H and O–H groups in total. The second-order valence-corrected chi connectivity index (χ2v) is 7.52. The summed E-state index contributed by atoms with van der Waals surface area (Å²) in [6.45, 7) is 1.91. The number of nitrogens with zero attached hydrogens (tertiary/aromatic N) is 3. The number of hydrogen-bond acceptors (Lipinski definition) is 4. The van der Waals surface area contributed by atoms with Crippen molar-refractivity contribution in [3.8, 4) is 16.9 Å². The molecule has 5 heteroatoms. The zero-order valence-electron chi connectivity index (χ0n) is 15.1. The van der Waals surface area contributed by atoms with Gasteiger partial charge in [0, 0.05) is 18.1 Å². The number of benzene rings is 2. The normalized spacial score (nSPS) is 15.1. The van der Waals surface area contributed by atoms with Gasteiger partial charge in [-0.05, 0) is 54.0 Å². The van der Waals surface area contributed by atoms with Gasteiger partial charge in [0.2, 0.25) is 5.95 Å². The number of halogens is 1. The van der Waals surface area contributed by atoms with Crippen LogP contribution >= 0.6 is 11.6 Å².